The smallest absolute Gasteiger partial charge is 0.407 e. The molecule has 1 aliphatic rings. The Labute approximate surface area is 75.6 Å². The minimum atomic E-state index is -1.06. The molecular weight excluding hydrogens is 176 g/mol. The molecule has 0 aliphatic carbocycles. The van der Waals surface area contributed by atoms with Crippen molar-refractivity contribution >= 4 is 12.0 Å². The van der Waals surface area contributed by atoms with Crippen LogP contribution in [0.5, 0.6) is 0 Å². The standard InChI is InChI=1S/C7H12N2O4/c1-8(13-2)6(10)5-3-4-9(5)7(11)12/h5H,3-4H2,1-2H3,(H,11,12)/t5-/m0/s1. The lowest BCUT2D eigenvalue weighted by Gasteiger charge is -2.38. The summed E-state index contributed by atoms with van der Waals surface area (Å²) < 4.78 is 0. The quantitative estimate of drug-likeness (QED) is 0.607. The number of hydroxylamine groups is 2. The number of carbonyl (C=O) groups excluding carboxylic acids is 1. The van der Waals surface area contributed by atoms with Crippen LogP contribution < -0.4 is 0 Å². The topological polar surface area (TPSA) is 70.1 Å². The number of rotatable bonds is 2. The molecule has 6 heteroatoms. The lowest BCUT2D eigenvalue weighted by molar-refractivity contribution is -0.177. The third kappa shape index (κ3) is 1.72. The van der Waals surface area contributed by atoms with Gasteiger partial charge in [-0.15, -0.1) is 0 Å². The molecule has 1 N–H and O–H groups in total. The molecule has 0 radical (unpaired) electrons. The van der Waals surface area contributed by atoms with Crippen LogP contribution in [0.3, 0.4) is 0 Å². The third-order valence-corrected chi connectivity index (χ3v) is 2.13. The van der Waals surface area contributed by atoms with Gasteiger partial charge in [-0.1, -0.05) is 0 Å². The van der Waals surface area contributed by atoms with Crippen molar-refractivity contribution in [3.05, 3.63) is 0 Å². The first-order valence-corrected chi connectivity index (χ1v) is 3.89. The van der Waals surface area contributed by atoms with Crippen LogP contribution in [0.1, 0.15) is 6.42 Å². The van der Waals surface area contributed by atoms with Crippen LogP contribution in [0.15, 0.2) is 0 Å². The Morgan fingerprint density at radius 1 is 1.62 bits per heavy atom. The Hall–Kier alpha value is -1.30. The summed E-state index contributed by atoms with van der Waals surface area (Å²) in [5.41, 5.74) is 0. The van der Waals surface area contributed by atoms with E-state index in [4.69, 9.17) is 5.11 Å². The predicted octanol–water partition coefficient (Wildman–Crippen LogP) is -0.242. The van der Waals surface area contributed by atoms with E-state index in [2.05, 4.69) is 4.84 Å². The minimum Gasteiger partial charge on any atom is -0.465 e. The van der Waals surface area contributed by atoms with E-state index in [1.54, 1.807) is 0 Å². The largest absolute Gasteiger partial charge is 0.465 e. The van der Waals surface area contributed by atoms with Crippen LogP contribution in [0.4, 0.5) is 4.79 Å². The summed E-state index contributed by atoms with van der Waals surface area (Å²) in [6.45, 7) is 0.420. The van der Waals surface area contributed by atoms with Crippen LogP contribution in [-0.2, 0) is 9.63 Å². The predicted molar refractivity (Wildman–Crippen MR) is 42.9 cm³/mol. The van der Waals surface area contributed by atoms with E-state index < -0.39 is 12.1 Å². The number of hydrogen-bond acceptors (Lipinski definition) is 3. The lowest BCUT2D eigenvalue weighted by Crippen LogP contribution is -2.57. The fourth-order valence-electron chi connectivity index (χ4n) is 1.17. The summed E-state index contributed by atoms with van der Waals surface area (Å²) in [5, 5.41) is 9.66. The highest BCUT2D eigenvalue weighted by molar-refractivity contribution is 5.85. The molecule has 6 nitrogen and oxygen atoms in total. The summed E-state index contributed by atoms with van der Waals surface area (Å²) in [5.74, 6) is -0.323. The van der Waals surface area contributed by atoms with Gasteiger partial charge in [0.15, 0.2) is 0 Å². The van der Waals surface area contributed by atoms with Gasteiger partial charge < -0.3 is 5.11 Å². The number of likely N-dealkylation sites (tertiary alicyclic amines) is 1. The van der Waals surface area contributed by atoms with Gasteiger partial charge in [0.25, 0.3) is 5.91 Å². The first kappa shape index (κ1) is 9.79. The van der Waals surface area contributed by atoms with E-state index in [1.807, 2.05) is 0 Å². The lowest BCUT2D eigenvalue weighted by atomic mass is 10.0. The second kappa shape index (κ2) is 3.61. The van der Waals surface area contributed by atoms with E-state index in [0.717, 1.165) is 9.96 Å². The van der Waals surface area contributed by atoms with E-state index in [-0.39, 0.29) is 5.91 Å². The Morgan fingerprint density at radius 2 is 2.23 bits per heavy atom. The first-order valence-electron chi connectivity index (χ1n) is 3.89. The van der Waals surface area contributed by atoms with Crippen molar-refractivity contribution in [2.45, 2.75) is 12.5 Å². The van der Waals surface area contributed by atoms with Crippen LogP contribution in [0.25, 0.3) is 0 Å². The molecule has 74 valence electrons. The average molecular weight is 188 g/mol. The molecule has 1 rings (SSSR count). The van der Waals surface area contributed by atoms with Gasteiger partial charge in [-0.3, -0.25) is 14.5 Å². The summed E-state index contributed by atoms with van der Waals surface area (Å²) in [6.07, 6.45) is -0.493. The number of carbonyl (C=O) groups is 2. The highest BCUT2D eigenvalue weighted by Gasteiger charge is 2.39. The van der Waals surface area contributed by atoms with Gasteiger partial charge in [0.2, 0.25) is 0 Å². The van der Waals surface area contributed by atoms with Crippen molar-refractivity contribution in [1.82, 2.24) is 9.96 Å². The SMILES string of the molecule is CON(C)C(=O)[C@@H]1CCN1C(=O)O. The molecule has 0 aromatic heterocycles. The first-order chi connectivity index (χ1) is 6.07. The Bertz CT molecular complexity index is 231. The zero-order valence-corrected chi connectivity index (χ0v) is 7.56. The number of hydrogen-bond donors (Lipinski definition) is 1. The van der Waals surface area contributed by atoms with Crippen molar-refractivity contribution < 1.29 is 19.5 Å². The molecule has 0 saturated carbocycles. The van der Waals surface area contributed by atoms with Gasteiger partial charge in [0.05, 0.1) is 7.11 Å². The van der Waals surface area contributed by atoms with E-state index >= 15 is 0 Å². The van der Waals surface area contributed by atoms with Crippen LogP contribution in [0, 0.1) is 0 Å². The highest BCUT2D eigenvalue weighted by Crippen LogP contribution is 2.18. The minimum absolute atomic E-state index is 0.323. The van der Waals surface area contributed by atoms with Crippen LogP contribution in [-0.4, -0.2) is 53.8 Å². The van der Waals surface area contributed by atoms with Gasteiger partial charge in [-0.05, 0) is 6.42 Å². The van der Waals surface area contributed by atoms with Gasteiger partial charge in [0.1, 0.15) is 6.04 Å². The second-order valence-electron chi connectivity index (χ2n) is 2.80. The molecule has 0 aromatic rings. The molecule has 0 aromatic carbocycles. The molecule has 2 amide bonds. The van der Waals surface area contributed by atoms with Gasteiger partial charge in [-0.2, -0.15) is 0 Å². The van der Waals surface area contributed by atoms with Crippen LogP contribution in [0.2, 0.25) is 0 Å². The third-order valence-electron chi connectivity index (χ3n) is 2.13. The summed E-state index contributed by atoms with van der Waals surface area (Å²) in [7, 11) is 2.82. The number of likely N-dealkylation sites (N-methyl/N-ethyl adjacent to an activating group) is 1. The van der Waals surface area contributed by atoms with E-state index in [1.165, 1.54) is 14.2 Å². The molecule has 13 heavy (non-hydrogen) atoms. The maximum Gasteiger partial charge on any atom is 0.407 e. The van der Waals surface area contributed by atoms with Crippen molar-refractivity contribution in [2.75, 3.05) is 20.7 Å². The number of amides is 2. The van der Waals surface area contributed by atoms with Gasteiger partial charge in [-0.25, -0.2) is 9.86 Å². The number of nitrogens with zero attached hydrogens (tertiary/aromatic N) is 2. The normalized spacial score (nSPS) is 20.8. The van der Waals surface area contributed by atoms with Crippen LogP contribution >= 0.6 is 0 Å². The molecular formula is C7H12N2O4. The zero-order chi connectivity index (χ0) is 10.0. The van der Waals surface area contributed by atoms with Crippen molar-refractivity contribution in [3.8, 4) is 0 Å². The molecule has 0 spiro atoms. The average Bonchev–Trinajstić information content (AvgIpc) is 1.99. The van der Waals surface area contributed by atoms with Crippen molar-refractivity contribution in [1.29, 1.82) is 0 Å². The summed E-state index contributed by atoms with van der Waals surface area (Å²) in [4.78, 5) is 27.6. The number of carboxylic acid groups (broad SMARTS) is 1. The molecule has 0 bridgehead atoms. The van der Waals surface area contributed by atoms with Crippen molar-refractivity contribution in [2.24, 2.45) is 0 Å². The molecule has 1 atom stereocenters. The van der Waals surface area contributed by atoms with Gasteiger partial charge >= 0.3 is 6.09 Å². The van der Waals surface area contributed by atoms with Crippen molar-refractivity contribution in [3.63, 3.8) is 0 Å². The second-order valence-corrected chi connectivity index (χ2v) is 2.80. The van der Waals surface area contributed by atoms with E-state index in [9.17, 15) is 9.59 Å². The maximum absolute atomic E-state index is 11.4. The van der Waals surface area contributed by atoms with Gasteiger partial charge in [0, 0.05) is 13.6 Å². The monoisotopic (exact) mass is 188 g/mol. The molecule has 0 unspecified atom stereocenters. The zero-order valence-electron chi connectivity index (χ0n) is 7.56. The fraction of sp³-hybridized carbons (Fsp3) is 0.714. The molecule has 1 heterocycles. The maximum atomic E-state index is 11.4. The molecule has 1 aliphatic heterocycles. The van der Waals surface area contributed by atoms with E-state index in [0.29, 0.717) is 13.0 Å². The summed E-state index contributed by atoms with van der Waals surface area (Å²) >= 11 is 0. The molecule has 1 saturated heterocycles. The Kier molecular flexibility index (Phi) is 2.72. The highest BCUT2D eigenvalue weighted by atomic mass is 16.7. The Morgan fingerprint density at radius 3 is 2.54 bits per heavy atom. The molecule has 1 fully saturated rings. The fourth-order valence-corrected chi connectivity index (χ4v) is 1.17. The summed E-state index contributed by atoms with van der Waals surface area (Å²) in [6, 6.07) is -0.567. The Balaban J connectivity index is 2.53.